The van der Waals surface area contributed by atoms with Gasteiger partial charge in [-0.25, -0.2) is 0 Å². The Hall–Kier alpha value is -2.04. The predicted molar refractivity (Wildman–Crippen MR) is 104 cm³/mol. The molecule has 3 heterocycles. The van der Waals surface area contributed by atoms with E-state index in [1.807, 2.05) is 0 Å². The maximum atomic E-state index is 5.94. The fraction of sp³-hybridized carbons (Fsp3) is 0.455. The minimum absolute atomic E-state index is 0.592. The fourth-order valence-electron chi connectivity index (χ4n) is 5.03. The molecule has 3 aliphatic heterocycles. The molecule has 136 valence electrons. The first kappa shape index (κ1) is 16.2. The molecule has 1 N–H and O–H groups in total. The molecular formula is C22H26N2O2. The fourth-order valence-corrected chi connectivity index (χ4v) is 5.03. The highest BCUT2D eigenvalue weighted by Gasteiger charge is 2.41. The molecule has 0 bridgehead atoms. The minimum atomic E-state index is 0.592. The van der Waals surface area contributed by atoms with Crippen molar-refractivity contribution in [3.63, 3.8) is 0 Å². The van der Waals surface area contributed by atoms with Crippen LogP contribution in [0.15, 0.2) is 30.3 Å². The highest BCUT2D eigenvalue weighted by atomic mass is 16.5. The molecule has 4 heteroatoms. The molecule has 0 aromatic heterocycles. The minimum Gasteiger partial charge on any atom is -0.497 e. The largest absolute Gasteiger partial charge is 0.497 e. The van der Waals surface area contributed by atoms with Gasteiger partial charge in [-0.3, -0.25) is 0 Å². The Labute approximate surface area is 155 Å². The van der Waals surface area contributed by atoms with Gasteiger partial charge in [0.15, 0.2) is 0 Å². The third-order valence-corrected chi connectivity index (χ3v) is 6.23. The summed E-state index contributed by atoms with van der Waals surface area (Å²) in [5, 5.41) is 3.61. The van der Waals surface area contributed by atoms with Gasteiger partial charge in [0.2, 0.25) is 0 Å². The molecule has 2 aromatic rings. The molecule has 2 unspecified atom stereocenters. The molecular weight excluding hydrogens is 324 g/mol. The van der Waals surface area contributed by atoms with E-state index in [1.54, 1.807) is 7.11 Å². The van der Waals surface area contributed by atoms with Gasteiger partial charge in [-0.2, -0.15) is 0 Å². The molecule has 3 aliphatic rings. The topological polar surface area (TPSA) is 33.7 Å². The molecule has 1 fully saturated rings. The molecule has 4 nitrogen and oxygen atoms in total. The van der Waals surface area contributed by atoms with Crippen LogP contribution >= 0.6 is 0 Å². The van der Waals surface area contributed by atoms with Gasteiger partial charge in [0.05, 0.1) is 20.3 Å². The Morgan fingerprint density at radius 2 is 2.15 bits per heavy atom. The second-order valence-corrected chi connectivity index (χ2v) is 7.67. The molecule has 2 atom stereocenters. The van der Waals surface area contributed by atoms with Crippen LogP contribution in [0.25, 0.3) is 11.1 Å². The van der Waals surface area contributed by atoms with Gasteiger partial charge in [-0.15, -0.1) is 0 Å². The van der Waals surface area contributed by atoms with Crippen molar-refractivity contribution in [1.82, 2.24) is 5.32 Å². The average Bonchev–Trinajstić information content (AvgIpc) is 2.83. The number of benzene rings is 2. The quantitative estimate of drug-likeness (QED) is 0.899. The first-order valence-corrected chi connectivity index (χ1v) is 9.63. The smallest absolute Gasteiger partial charge is 0.119 e. The van der Waals surface area contributed by atoms with Crippen LogP contribution in [-0.2, 0) is 11.3 Å². The summed E-state index contributed by atoms with van der Waals surface area (Å²) in [7, 11) is 1.72. The lowest BCUT2D eigenvalue weighted by molar-refractivity contribution is 0.130. The molecule has 5 rings (SSSR count). The molecule has 0 spiro atoms. The molecule has 2 aromatic carbocycles. The van der Waals surface area contributed by atoms with Gasteiger partial charge in [-0.1, -0.05) is 6.07 Å². The summed E-state index contributed by atoms with van der Waals surface area (Å²) in [5.41, 5.74) is 8.15. The Balaban J connectivity index is 1.66. The van der Waals surface area contributed by atoms with Crippen molar-refractivity contribution in [1.29, 1.82) is 0 Å². The second kappa shape index (κ2) is 6.29. The van der Waals surface area contributed by atoms with E-state index in [1.165, 1.54) is 39.9 Å². The van der Waals surface area contributed by atoms with Crippen LogP contribution in [-0.4, -0.2) is 39.4 Å². The third-order valence-electron chi connectivity index (χ3n) is 6.23. The first-order chi connectivity index (χ1) is 12.8. The lowest BCUT2D eigenvalue weighted by Crippen LogP contribution is -2.44. The number of fused-ring (bicyclic) bond motifs is 3. The lowest BCUT2D eigenvalue weighted by Gasteiger charge is -2.33. The Morgan fingerprint density at radius 3 is 3.00 bits per heavy atom. The SMILES string of the molecule is COc1ccc(-c2cc3c4c(c2)C2CNCCC2N4CCOC3)c(C)c1. The number of rotatable bonds is 2. The van der Waals surface area contributed by atoms with Crippen LogP contribution in [0.4, 0.5) is 5.69 Å². The Bertz CT molecular complexity index is 848. The van der Waals surface area contributed by atoms with Gasteiger partial charge in [0.1, 0.15) is 5.75 Å². The van der Waals surface area contributed by atoms with E-state index in [0.29, 0.717) is 12.0 Å². The average molecular weight is 350 g/mol. The molecule has 0 saturated carbocycles. The van der Waals surface area contributed by atoms with Gasteiger partial charge in [0.25, 0.3) is 0 Å². The van der Waals surface area contributed by atoms with Crippen LogP contribution in [0.2, 0.25) is 0 Å². The Morgan fingerprint density at radius 1 is 1.23 bits per heavy atom. The molecule has 0 radical (unpaired) electrons. The zero-order valence-electron chi connectivity index (χ0n) is 15.5. The van der Waals surface area contributed by atoms with Crippen molar-refractivity contribution in [3.8, 4) is 16.9 Å². The maximum absolute atomic E-state index is 5.94. The van der Waals surface area contributed by atoms with Crippen molar-refractivity contribution >= 4 is 5.69 Å². The van der Waals surface area contributed by atoms with Crippen molar-refractivity contribution in [2.75, 3.05) is 38.3 Å². The van der Waals surface area contributed by atoms with Crippen molar-refractivity contribution < 1.29 is 9.47 Å². The molecule has 26 heavy (non-hydrogen) atoms. The van der Waals surface area contributed by atoms with Crippen molar-refractivity contribution in [3.05, 3.63) is 47.0 Å². The lowest BCUT2D eigenvalue weighted by atomic mass is 9.87. The normalized spacial score (nSPS) is 24.0. The summed E-state index contributed by atoms with van der Waals surface area (Å²) in [4.78, 5) is 2.63. The van der Waals surface area contributed by atoms with Crippen LogP contribution < -0.4 is 15.0 Å². The van der Waals surface area contributed by atoms with E-state index in [-0.39, 0.29) is 0 Å². The number of anilines is 1. The zero-order valence-corrected chi connectivity index (χ0v) is 15.5. The number of methoxy groups -OCH3 is 1. The molecule has 0 aliphatic carbocycles. The van der Waals surface area contributed by atoms with E-state index in [4.69, 9.17) is 9.47 Å². The summed E-state index contributed by atoms with van der Waals surface area (Å²) in [6.45, 7) is 6.92. The van der Waals surface area contributed by atoms with Crippen molar-refractivity contribution in [2.45, 2.75) is 31.9 Å². The number of hydrogen-bond donors (Lipinski definition) is 1. The predicted octanol–water partition coefficient (Wildman–Crippen LogP) is 3.47. The number of hydrogen-bond acceptors (Lipinski definition) is 4. The number of nitrogens with zero attached hydrogens (tertiary/aromatic N) is 1. The van der Waals surface area contributed by atoms with Crippen LogP contribution in [0.3, 0.4) is 0 Å². The van der Waals surface area contributed by atoms with E-state index >= 15 is 0 Å². The maximum Gasteiger partial charge on any atom is 0.119 e. The zero-order chi connectivity index (χ0) is 17.7. The number of piperidine rings is 1. The Kier molecular flexibility index (Phi) is 3.91. The van der Waals surface area contributed by atoms with E-state index < -0.39 is 0 Å². The monoisotopic (exact) mass is 350 g/mol. The highest BCUT2D eigenvalue weighted by molar-refractivity contribution is 5.77. The summed E-state index contributed by atoms with van der Waals surface area (Å²) in [6, 6.07) is 11.8. The van der Waals surface area contributed by atoms with Gasteiger partial charge < -0.3 is 19.7 Å². The summed E-state index contributed by atoms with van der Waals surface area (Å²) < 4.78 is 11.3. The van der Waals surface area contributed by atoms with Crippen LogP contribution in [0, 0.1) is 6.92 Å². The molecule has 1 saturated heterocycles. The number of aryl methyl sites for hydroxylation is 1. The third kappa shape index (κ3) is 2.43. The van der Waals surface area contributed by atoms with Gasteiger partial charge >= 0.3 is 0 Å². The van der Waals surface area contributed by atoms with E-state index in [9.17, 15) is 0 Å². The number of ether oxygens (including phenoxy) is 2. The van der Waals surface area contributed by atoms with Crippen molar-refractivity contribution in [2.24, 2.45) is 0 Å². The molecule has 0 amide bonds. The summed E-state index contributed by atoms with van der Waals surface area (Å²) in [5.74, 6) is 1.51. The van der Waals surface area contributed by atoms with E-state index in [2.05, 4.69) is 47.5 Å². The standard InChI is InChI=1S/C22H26N2O2/c1-14-9-17(25-2)3-4-18(14)15-10-16-13-26-8-7-24-21-5-6-23-12-20(21)19(11-15)22(16)24/h3-4,9-11,20-21,23H,5-8,12-13H2,1-2H3. The van der Waals surface area contributed by atoms with Crippen LogP contribution in [0.1, 0.15) is 29.0 Å². The highest BCUT2D eigenvalue weighted by Crippen LogP contribution is 2.48. The summed E-state index contributed by atoms with van der Waals surface area (Å²) >= 11 is 0. The second-order valence-electron chi connectivity index (χ2n) is 7.67. The number of nitrogens with one attached hydrogen (secondary N) is 1. The van der Waals surface area contributed by atoms with Gasteiger partial charge in [0, 0.05) is 36.3 Å². The first-order valence-electron chi connectivity index (χ1n) is 9.63. The van der Waals surface area contributed by atoms with E-state index in [0.717, 1.165) is 38.6 Å². The summed E-state index contributed by atoms with van der Waals surface area (Å²) in [6.07, 6.45) is 1.22. The van der Waals surface area contributed by atoms with Gasteiger partial charge in [-0.05, 0) is 66.4 Å². The van der Waals surface area contributed by atoms with Crippen LogP contribution in [0.5, 0.6) is 5.75 Å².